The summed E-state index contributed by atoms with van der Waals surface area (Å²) < 4.78 is 30.5. The third kappa shape index (κ3) is 2.66. The molecule has 0 rings (SSSR count). The van der Waals surface area contributed by atoms with Crippen LogP contribution in [0.2, 0.25) is 0 Å². The second-order valence-electron chi connectivity index (χ2n) is 0.872. The summed E-state index contributed by atoms with van der Waals surface area (Å²) in [6.45, 7) is 0. The second-order valence-corrected chi connectivity index (χ2v) is 2.61. The summed E-state index contributed by atoms with van der Waals surface area (Å²) in [5.41, 5.74) is 0. The summed E-state index contributed by atoms with van der Waals surface area (Å²) in [5, 5.41) is 0. The normalized spacial score (nSPS) is 12.0. The van der Waals surface area contributed by atoms with Crippen molar-refractivity contribution >= 4 is 9.23 Å². The van der Waals surface area contributed by atoms with Gasteiger partial charge in [0.05, 0.1) is 0 Å². The summed E-state index contributed by atoms with van der Waals surface area (Å²) >= 11 is 0. The minimum Gasteiger partial charge on any atom is -0.349 e. The molecule has 0 bridgehead atoms. The van der Waals surface area contributed by atoms with Crippen molar-refractivity contribution in [3.05, 3.63) is 0 Å². The highest BCUT2D eigenvalue weighted by Crippen LogP contribution is 2.05. The van der Waals surface area contributed by atoms with Crippen LogP contribution in [0.3, 0.4) is 0 Å². The first kappa shape index (κ1) is 7.00. The van der Waals surface area contributed by atoms with Crippen molar-refractivity contribution in [1.29, 1.82) is 0 Å². The highest BCUT2D eigenvalue weighted by molar-refractivity contribution is 6.51. The Kier molecular flexibility index (Phi) is 2.34. The van der Waals surface area contributed by atoms with Gasteiger partial charge in [0.1, 0.15) is 0 Å². The zero-order valence-corrected chi connectivity index (χ0v) is 5.07. The van der Waals surface area contributed by atoms with Gasteiger partial charge in [0.15, 0.2) is 0 Å². The molecule has 0 aromatic carbocycles. The predicted octanol–water partition coefficient (Wildman–Crippen LogP) is 0.654. The molecule has 0 N–H and O–H groups in total. The van der Waals surface area contributed by atoms with Crippen LogP contribution in [0.15, 0.2) is 0 Å². The lowest BCUT2D eigenvalue weighted by molar-refractivity contribution is 0.141. The minimum atomic E-state index is -4.65. The molecule has 0 aromatic heterocycles. The molecule has 0 atom stereocenters. The van der Waals surface area contributed by atoms with Gasteiger partial charge in [-0.2, -0.15) is 0 Å². The first-order valence-corrected chi connectivity index (χ1v) is 3.18. The van der Waals surface area contributed by atoms with E-state index in [0.29, 0.717) is 0 Å². The standard InChI is InChI=1S/C2H6F2O2Si/c1-5-7(3,4)6-2/h1-2H3. The van der Waals surface area contributed by atoms with Crippen molar-refractivity contribution in [2.45, 2.75) is 0 Å². The average Bonchev–Trinajstić information content (AvgIpc) is 1.68. The highest BCUT2D eigenvalue weighted by atomic mass is 28.5. The van der Waals surface area contributed by atoms with E-state index in [4.69, 9.17) is 0 Å². The van der Waals surface area contributed by atoms with Crippen LogP contribution < -0.4 is 0 Å². The Balaban J connectivity index is 3.36. The van der Waals surface area contributed by atoms with Crippen LogP contribution >= 0.6 is 0 Å². The van der Waals surface area contributed by atoms with E-state index in [2.05, 4.69) is 8.85 Å². The predicted molar refractivity (Wildman–Crippen MR) is 22.0 cm³/mol. The average molecular weight is 128 g/mol. The van der Waals surface area contributed by atoms with Crippen LogP contribution in [0.5, 0.6) is 0 Å². The first-order chi connectivity index (χ1) is 3.12. The lowest BCUT2D eigenvalue weighted by atomic mass is 11.8. The topological polar surface area (TPSA) is 18.5 Å². The molecule has 0 fully saturated rings. The fourth-order valence-electron chi connectivity index (χ4n) is 0.0833. The SMILES string of the molecule is CO[Si](F)(F)OC. The van der Waals surface area contributed by atoms with E-state index >= 15 is 0 Å². The maximum Gasteiger partial charge on any atom is 0.760 e. The highest BCUT2D eigenvalue weighted by Gasteiger charge is 2.39. The third-order valence-corrected chi connectivity index (χ3v) is 1.43. The van der Waals surface area contributed by atoms with Crippen LogP contribution in [0, 0.1) is 0 Å². The molecule has 0 radical (unpaired) electrons. The molecule has 0 spiro atoms. The zero-order valence-electron chi connectivity index (χ0n) is 4.07. The van der Waals surface area contributed by atoms with Gasteiger partial charge in [-0.25, -0.2) is 8.22 Å². The van der Waals surface area contributed by atoms with Gasteiger partial charge >= 0.3 is 9.23 Å². The Morgan fingerprint density at radius 2 is 1.43 bits per heavy atom. The molecular weight excluding hydrogens is 122 g/mol. The maximum absolute atomic E-state index is 11.6. The van der Waals surface area contributed by atoms with E-state index in [1.165, 1.54) is 0 Å². The van der Waals surface area contributed by atoms with Crippen molar-refractivity contribution in [2.75, 3.05) is 14.2 Å². The van der Waals surface area contributed by atoms with Crippen molar-refractivity contribution in [2.24, 2.45) is 0 Å². The van der Waals surface area contributed by atoms with Gasteiger partial charge in [-0.15, -0.1) is 0 Å². The van der Waals surface area contributed by atoms with Gasteiger partial charge < -0.3 is 8.85 Å². The lowest BCUT2D eigenvalue weighted by Gasteiger charge is -2.02. The molecule has 0 saturated heterocycles. The van der Waals surface area contributed by atoms with E-state index in [1.54, 1.807) is 0 Å². The van der Waals surface area contributed by atoms with Crippen LogP contribution in [0.1, 0.15) is 0 Å². The van der Waals surface area contributed by atoms with Gasteiger partial charge in [-0.05, 0) is 0 Å². The number of halogens is 2. The molecule has 0 unspecified atom stereocenters. The van der Waals surface area contributed by atoms with E-state index < -0.39 is 9.23 Å². The lowest BCUT2D eigenvalue weighted by Crippen LogP contribution is -2.28. The largest absolute Gasteiger partial charge is 0.760 e. The molecule has 0 aliphatic carbocycles. The van der Waals surface area contributed by atoms with Gasteiger partial charge in [-0.1, -0.05) is 0 Å². The minimum absolute atomic E-state index is 0.926. The van der Waals surface area contributed by atoms with Crippen LogP contribution in [0.4, 0.5) is 8.22 Å². The number of hydrogen-bond acceptors (Lipinski definition) is 2. The summed E-state index contributed by atoms with van der Waals surface area (Å²) in [6.07, 6.45) is 0. The molecule has 0 amide bonds. The molecule has 0 aliphatic heterocycles. The van der Waals surface area contributed by atoms with E-state index in [-0.39, 0.29) is 0 Å². The van der Waals surface area contributed by atoms with Crippen molar-refractivity contribution < 1.29 is 17.1 Å². The molecule has 0 saturated carbocycles. The van der Waals surface area contributed by atoms with Crippen LogP contribution in [-0.2, 0) is 8.85 Å². The number of hydrogen-bond donors (Lipinski definition) is 0. The molecular formula is C2H6F2O2Si. The van der Waals surface area contributed by atoms with Crippen molar-refractivity contribution in [3.63, 3.8) is 0 Å². The summed E-state index contributed by atoms with van der Waals surface area (Å²) in [5.74, 6) is 0. The Hall–Kier alpha value is -0.00312. The monoisotopic (exact) mass is 128 g/mol. The Morgan fingerprint density at radius 1 is 1.14 bits per heavy atom. The Labute approximate surface area is 41.6 Å². The second kappa shape index (κ2) is 2.34. The van der Waals surface area contributed by atoms with Gasteiger partial charge in [0.2, 0.25) is 0 Å². The summed E-state index contributed by atoms with van der Waals surface area (Å²) in [6, 6.07) is 0. The van der Waals surface area contributed by atoms with Crippen LogP contribution in [0.25, 0.3) is 0 Å². The van der Waals surface area contributed by atoms with Crippen molar-refractivity contribution in [1.82, 2.24) is 0 Å². The maximum atomic E-state index is 11.6. The zero-order chi connectivity index (χ0) is 5.91. The first-order valence-electron chi connectivity index (χ1n) is 1.60. The molecule has 7 heavy (non-hydrogen) atoms. The molecule has 44 valence electrons. The van der Waals surface area contributed by atoms with E-state index in [9.17, 15) is 8.22 Å². The molecule has 0 aliphatic rings. The van der Waals surface area contributed by atoms with Gasteiger partial charge in [0, 0.05) is 14.2 Å². The number of rotatable bonds is 2. The summed E-state index contributed by atoms with van der Waals surface area (Å²) in [4.78, 5) is 0. The quantitative estimate of drug-likeness (QED) is 0.401. The summed E-state index contributed by atoms with van der Waals surface area (Å²) in [7, 11) is -2.80. The van der Waals surface area contributed by atoms with E-state index in [1.807, 2.05) is 0 Å². The Morgan fingerprint density at radius 3 is 1.43 bits per heavy atom. The van der Waals surface area contributed by atoms with E-state index in [0.717, 1.165) is 14.2 Å². The van der Waals surface area contributed by atoms with Crippen LogP contribution in [-0.4, -0.2) is 23.4 Å². The fourth-order valence-corrected chi connectivity index (χ4v) is 0.250. The molecule has 0 heterocycles. The smallest absolute Gasteiger partial charge is 0.349 e. The van der Waals surface area contributed by atoms with Gasteiger partial charge in [-0.3, -0.25) is 0 Å². The molecule has 0 aromatic rings. The van der Waals surface area contributed by atoms with Crippen molar-refractivity contribution in [3.8, 4) is 0 Å². The molecule has 2 nitrogen and oxygen atoms in total. The Bertz CT molecular complexity index is 51.7. The molecule has 5 heteroatoms. The van der Waals surface area contributed by atoms with Gasteiger partial charge in [0.25, 0.3) is 0 Å². The third-order valence-electron chi connectivity index (χ3n) is 0.475. The fraction of sp³-hybridized carbons (Fsp3) is 1.00.